The van der Waals surface area contributed by atoms with E-state index in [1.165, 1.54) is 11.9 Å². The predicted octanol–water partition coefficient (Wildman–Crippen LogP) is 1.44. The smallest absolute Gasteiger partial charge is 0.317 e. The first-order valence-corrected chi connectivity index (χ1v) is 7.70. The second-order valence-electron chi connectivity index (χ2n) is 5.74. The topological polar surface area (TPSA) is 72.3 Å². The van der Waals surface area contributed by atoms with Crippen LogP contribution in [0.5, 0.6) is 5.75 Å². The summed E-state index contributed by atoms with van der Waals surface area (Å²) in [5, 5.41) is 7.07. The molecule has 23 heavy (non-hydrogen) atoms. The van der Waals surface area contributed by atoms with E-state index in [9.17, 15) is 4.79 Å². The summed E-state index contributed by atoms with van der Waals surface area (Å²) < 4.78 is 7.11. The second-order valence-corrected chi connectivity index (χ2v) is 5.74. The van der Waals surface area contributed by atoms with Crippen LogP contribution in [0.15, 0.2) is 30.9 Å². The van der Waals surface area contributed by atoms with Gasteiger partial charge < -0.3 is 15.0 Å². The van der Waals surface area contributed by atoms with Crippen molar-refractivity contribution in [3.63, 3.8) is 0 Å². The Labute approximate surface area is 135 Å². The molecule has 0 radical (unpaired) electrons. The second kappa shape index (κ2) is 6.68. The zero-order chi connectivity index (χ0) is 16.2. The lowest BCUT2D eigenvalue weighted by Gasteiger charge is -2.30. The van der Waals surface area contributed by atoms with E-state index >= 15 is 0 Å². The van der Waals surface area contributed by atoms with E-state index in [2.05, 4.69) is 21.5 Å². The van der Waals surface area contributed by atoms with Crippen LogP contribution >= 0.6 is 0 Å². The normalized spacial score (nSPS) is 15.0. The standard InChI is InChI=1S/C16H21N5O2/c1-12(8-21-11-17-10-18-21)19-16(22)20-7-6-14-13(9-20)4-3-5-15(14)23-2/h3-5,10-12H,6-9H2,1-2H3,(H,19,22)/t12-/m0/s1. The third kappa shape index (κ3) is 3.44. The Bertz CT molecular complexity index is 671. The zero-order valence-corrected chi connectivity index (χ0v) is 13.4. The molecule has 3 rings (SSSR count). The Balaban J connectivity index is 1.60. The van der Waals surface area contributed by atoms with Crippen molar-refractivity contribution >= 4 is 6.03 Å². The summed E-state index contributed by atoms with van der Waals surface area (Å²) in [6, 6.07) is 5.92. The van der Waals surface area contributed by atoms with E-state index in [0.29, 0.717) is 19.6 Å². The third-order valence-electron chi connectivity index (χ3n) is 4.03. The Morgan fingerprint density at radius 3 is 3.09 bits per heavy atom. The average molecular weight is 315 g/mol. The fourth-order valence-corrected chi connectivity index (χ4v) is 2.89. The third-order valence-corrected chi connectivity index (χ3v) is 4.03. The number of carbonyl (C=O) groups is 1. The summed E-state index contributed by atoms with van der Waals surface area (Å²) in [5.74, 6) is 0.905. The van der Waals surface area contributed by atoms with Crippen molar-refractivity contribution in [2.45, 2.75) is 32.5 Å². The molecule has 0 saturated carbocycles. The van der Waals surface area contributed by atoms with Crippen molar-refractivity contribution in [2.75, 3.05) is 13.7 Å². The van der Waals surface area contributed by atoms with Gasteiger partial charge in [0.1, 0.15) is 18.4 Å². The van der Waals surface area contributed by atoms with Crippen molar-refractivity contribution < 1.29 is 9.53 Å². The molecule has 1 aromatic carbocycles. The zero-order valence-electron chi connectivity index (χ0n) is 13.4. The van der Waals surface area contributed by atoms with Crippen molar-refractivity contribution in [3.05, 3.63) is 42.0 Å². The molecular weight excluding hydrogens is 294 g/mol. The summed E-state index contributed by atoms with van der Waals surface area (Å²) in [4.78, 5) is 18.2. The monoisotopic (exact) mass is 315 g/mol. The highest BCUT2D eigenvalue weighted by Crippen LogP contribution is 2.27. The van der Waals surface area contributed by atoms with Crippen LogP contribution in [-0.2, 0) is 19.5 Å². The molecule has 0 bridgehead atoms. The van der Waals surface area contributed by atoms with E-state index in [1.807, 2.05) is 24.0 Å². The van der Waals surface area contributed by atoms with Gasteiger partial charge in [0, 0.05) is 24.7 Å². The lowest BCUT2D eigenvalue weighted by Crippen LogP contribution is -2.47. The van der Waals surface area contributed by atoms with Crippen molar-refractivity contribution in [3.8, 4) is 5.75 Å². The highest BCUT2D eigenvalue weighted by Gasteiger charge is 2.23. The molecule has 1 atom stereocenters. The lowest BCUT2D eigenvalue weighted by molar-refractivity contribution is 0.187. The van der Waals surface area contributed by atoms with Gasteiger partial charge in [0.25, 0.3) is 0 Å². The molecule has 0 spiro atoms. The van der Waals surface area contributed by atoms with Gasteiger partial charge in [-0.3, -0.25) is 4.68 Å². The number of benzene rings is 1. The molecule has 2 amide bonds. The summed E-state index contributed by atoms with van der Waals surface area (Å²) in [5.41, 5.74) is 2.35. The van der Waals surface area contributed by atoms with Crippen LogP contribution in [0.25, 0.3) is 0 Å². The molecule has 7 nitrogen and oxygen atoms in total. The average Bonchev–Trinajstić information content (AvgIpc) is 3.06. The molecule has 1 N–H and O–H groups in total. The van der Waals surface area contributed by atoms with E-state index in [0.717, 1.165) is 17.7 Å². The number of fused-ring (bicyclic) bond motifs is 1. The SMILES string of the molecule is COc1cccc2c1CCN(C(=O)N[C@@H](C)Cn1cncn1)C2. The molecule has 0 saturated heterocycles. The minimum atomic E-state index is -0.0499. The molecule has 0 fully saturated rings. The molecule has 122 valence electrons. The molecule has 1 aliphatic heterocycles. The van der Waals surface area contributed by atoms with Crippen LogP contribution < -0.4 is 10.1 Å². The van der Waals surface area contributed by atoms with Gasteiger partial charge in [-0.1, -0.05) is 12.1 Å². The Hall–Kier alpha value is -2.57. The lowest BCUT2D eigenvalue weighted by atomic mass is 9.99. The minimum absolute atomic E-state index is 0.0177. The van der Waals surface area contributed by atoms with E-state index < -0.39 is 0 Å². The molecule has 2 heterocycles. The Kier molecular flexibility index (Phi) is 4.45. The quantitative estimate of drug-likeness (QED) is 0.927. The van der Waals surface area contributed by atoms with Gasteiger partial charge in [0.2, 0.25) is 0 Å². The highest BCUT2D eigenvalue weighted by atomic mass is 16.5. The number of methoxy groups -OCH3 is 1. The summed E-state index contributed by atoms with van der Waals surface area (Å²) in [6.07, 6.45) is 3.94. The first-order chi connectivity index (χ1) is 11.2. The number of aromatic nitrogens is 3. The fourth-order valence-electron chi connectivity index (χ4n) is 2.89. The maximum absolute atomic E-state index is 12.4. The number of hydrogen-bond acceptors (Lipinski definition) is 4. The maximum Gasteiger partial charge on any atom is 0.317 e. The summed E-state index contributed by atoms with van der Waals surface area (Å²) in [7, 11) is 1.68. The van der Waals surface area contributed by atoms with Gasteiger partial charge in [-0.15, -0.1) is 0 Å². The molecule has 0 aliphatic carbocycles. The number of nitrogens with zero attached hydrogens (tertiary/aromatic N) is 4. The number of carbonyl (C=O) groups excluding carboxylic acids is 1. The molecule has 2 aromatic rings. The largest absolute Gasteiger partial charge is 0.496 e. The van der Waals surface area contributed by atoms with Crippen molar-refractivity contribution in [2.24, 2.45) is 0 Å². The first kappa shape index (κ1) is 15.3. The maximum atomic E-state index is 12.4. The van der Waals surface area contributed by atoms with Gasteiger partial charge in [0.05, 0.1) is 13.7 Å². The van der Waals surface area contributed by atoms with Crippen molar-refractivity contribution in [1.29, 1.82) is 0 Å². The summed E-state index contributed by atoms with van der Waals surface area (Å²) in [6.45, 7) is 3.86. The fraction of sp³-hybridized carbons (Fsp3) is 0.438. The number of amides is 2. The van der Waals surface area contributed by atoms with E-state index in [1.54, 1.807) is 18.1 Å². The minimum Gasteiger partial charge on any atom is -0.496 e. The first-order valence-electron chi connectivity index (χ1n) is 7.70. The van der Waals surface area contributed by atoms with E-state index in [4.69, 9.17) is 4.74 Å². The highest BCUT2D eigenvalue weighted by molar-refractivity contribution is 5.75. The van der Waals surface area contributed by atoms with Crippen molar-refractivity contribution in [1.82, 2.24) is 25.0 Å². The van der Waals surface area contributed by atoms with Crippen LogP contribution in [-0.4, -0.2) is 45.4 Å². The number of nitrogens with one attached hydrogen (secondary N) is 1. The van der Waals surface area contributed by atoms with Crippen LogP contribution in [0.2, 0.25) is 0 Å². The number of rotatable bonds is 4. The molecule has 1 aromatic heterocycles. The predicted molar refractivity (Wildman–Crippen MR) is 85.1 cm³/mol. The molecular formula is C16H21N5O2. The van der Waals surface area contributed by atoms with Gasteiger partial charge >= 0.3 is 6.03 Å². The van der Waals surface area contributed by atoms with Gasteiger partial charge in [-0.2, -0.15) is 5.10 Å². The van der Waals surface area contributed by atoms with Crippen LogP contribution in [0, 0.1) is 0 Å². The van der Waals surface area contributed by atoms with Crippen LogP contribution in [0.1, 0.15) is 18.1 Å². The molecule has 1 aliphatic rings. The van der Waals surface area contributed by atoms with Crippen LogP contribution in [0.4, 0.5) is 4.79 Å². The summed E-state index contributed by atoms with van der Waals surface area (Å²) >= 11 is 0. The Morgan fingerprint density at radius 2 is 2.35 bits per heavy atom. The number of ether oxygens (including phenoxy) is 1. The molecule has 7 heteroatoms. The Morgan fingerprint density at radius 1 is 1.48 bits per heavy atom. The molecule has 0 unspecified atom stereocenters. The number of urea groups is 1. The van der Waals surface area contributed by atoms with Crippen LogP contribution in [0.3, 0.4) is 0 Å². The van der Waals surface area contributed by atoms with Gasteiger partial charge in [0.15, 0.2) is 0 Å². The van der Waals surface area contributed by atoms with Gasteiger partial charge in [-0.05, 0) is 25.0 Å². The van der Waals surface area contributed by atoms with Gasteiger partial charge in [-0.25, -0.2) is 9.78 Å². The number of hydrogen-bond donors (Lipinski definition) is 1. The van der Waals surface area contributed by atoms with E-state index in [-0.39, 0.29) is 12.1 Å².